The summed E-state index contributed by atoms with van der Waals surface area (Å²) in [5.41, 5.74) is 2.55. The molecule has 1 aliphatic carbocycles. The van der Waals surface area contributed by atoms with Crippen LogP contribution in [0.5, 0.6) is 0 Å². The molecule has 1 heterocycles. The SMILES string of the molecule is Cc1cc(F)ccc1N1CCNC2(CCCCC2)C1. The van der Waals surface area contributed by atoms with Gasteiger partial charge in [0.1, 0.15) is 5.82 Å². The van der Waals surface area contributed by atoms with Crippen molar-refractivity contribution in [1.82, 2.24) is 5.32 Å². The first-order valence-electron chi connectivity index (χ1n) is 7.45. The minimum absolute atomic E-state index is 0.135. The summed E-state index contributed by atoms with van der Waals surface area (Å²) < 4.78 is 13.2. The summed E-state index contributed by atoms with van der Waals surface area (Å²) in [6, 6.07) is 5.16. The number of hydrogen-bond donors (Lipinski definition) is 1. The van der Waals surface area contributed by atoms with Gasteiger partial charge in [0.25, 0.3) is 0 Å². The average Bonchev–Trinajstić information content (AvgIpc) is 2.39. The Morgan fingerprint density at radius 3 is 2.74 bits per heavy atom. The molecule has 1 aliphatic heterocycles. The van der Waals surface area contributed by atoms with Crippen LogP contribution in [-0.4, -0.2) is 25.2 Å². The van der Waals surface area contributed by atoms with E-state index in [1.54, 1.807) is 12.1 Å². The van der Waals surface area contributed by atoms with Crippen LogP contribution in [0.4, 0.5) is 10.1 Å². The van der Waals surface area contributed by atoms with E-state index in [4.69, 9.17) is 0 Å². The lowest BCUT2D eigenvalue weighted by Crippen LogP contribution is -2.61. The molecule has 1 spiro atoms. The first-order valence-corrected chi connectivity index (χ1v) is 7.45. The summed E-state index contributed by atoms with van der Waals surface area (Å²) in [6.07, 6.45) is 6.61. The Kier molecular flexibility index (Phi) is 3.48. The fourth-order valence-electron chi connectivity index (χ4n) is 3.70. The van der Waals surface area contributed by atoms with Crippen molar-refractivity contribution in [3.8, 4) is 0 Å². The number of halogens is 1. The van der Waals surface area contributed by atoms with E-state index in [1.807, 2.05) is 13.0 Å². The van der Waals surface area contributed by atoms with Gasteiger partial charge in [0.2, 0.25) is 0 Å². The highest BCUT2D eigenvalue weighted by Crippen LogP contribution is 2.33. The molecule has 3 rings (SSSR count). The van der Waals surface area contributed by atoms with E-state index in [9.17, 15) is 4.39 Å². The van der Waals surface area contributed by atoms with Gasteiger partial charge < -0.3 is 10.2 Å². The second kappa shape index (κ2) is 5.12. The van der Waals surface area contributed by atoms with Gasteiger partial charge in [0, 0.05) is 30.9 Å². The Labute approximate surface area is 115 Å². The smallest absolute Gasteiger partial charge is 0.123 e. The Bertz CT molecular complexity index is 447. The maximum atomic E-state index is 13.2. The predicted molar refractivity (Wildman–Crippen MR) is 77.2 cm³/mol. The van der Waals surface area contributed by atoms with Crippen LogP contribution in [0.2, 0.25) is 0 Å². The number of hydrogen-bond acceptors (Lipinski definition) is 2. The summed E-state index contributed by atoms with van der Waals surface area (Å²) >= 11 is 0. The molecule has 0 unspecified atom stereocenters. The third kappa shape index (κ3) is 2.62. The summed E-state index contributed by atoms with van der Waals surface area (Å²) in [7, 11) is 0. The van der Waals surface area contributed by atoms with Crippen molar-refractivity contribution in [3.05, 3.63) is 29.6 Å². The van der Waals surface area contributed by atoms with Crippen LogP contribution in [0, 0.1) is 12.7 Å². The molecule has 0 radical (unpaired) electrons. The predicted octanol–water partition coefficient (Wildman–Crippen LogP) is 3.25. The van der Waals surface area contributed by atoms with Gasteiger partial charge in [-0.25, -0.2) is 4.39 Å². The van der Waals surface area contributed by atoms with Crippen molar-refractivity contribution >= 4 is 5.69 Å². The molecular formula is C16H23FN2. The number of nitrogens with zero attached hydrogens (tertiary/aromatic N) is 1. The lowest BCUT2D eigenvalue weighted by Gasteiger charge is -2.47. The Morgan fingerprint density at radius 1 is 1.21 bits per heavy atom. The van der Waals surface area contributed by atoms with Gasteiger partial charge in [0.05, 0.1) is 0 Å². The van der Waals surface area contributed by atoms with E-state index >= 15 is 0 Å². The van der Waals surface area contributed by atoms with Gasteiger partial charge in [0.15, 0.2) is 0 Å². The molecule has 2 fully saturated rings. The van der Waals surface area contributed by atoms with Crippen LogP contribution >= 0.6 is 0 Å². The van der Waals surface area contributed by atoms with Gasteiger partial charge in [-0.2, -0.15) is 0 Å². The minimum atomic E-state index is -0.135. The average molecular weight is 262 g/mol. The van der Waals surface area contributed by atoms with Crippen molar-refractivity contribution in [2.45, 2.75) is 44.6 Å². The molecule has 1 N–H and O–H groups in total. The standard InChI is InChI=1S/C16H23FN2/c1-13-11-14(17)5-6-15(13)19-10-9-18-16(12-19)7-3-2-4-8-16/h5-6,11,18H,2-4,7-10,12H2,1H3. The molecule has 0 bridgehead atoms. The second-order valence-electron chi connectivity index (χ2n) is 6.12. The number of anilines is 1. The van der Waals surface area contributed by atoms with Gasteiger partial charge >= 0.3 is 0 Å². The Balaban J connectivity index is 1.81. The molecule has 0 atom stereocenters. The summed E-state index contributed by atoms with van der Waals surface area (Å²) in [6.45, 7) is 5.14. The molecule has 0 amide bonds. The number of nitrogens with one attached hydrogen (secondary N) is 1. The van der Waals surface area contributed by atoms with Crippen molar-refractivity contribution in [2.24, 2.45) is 0 Å². The van der Waals surface area contributed by atoms with Crippen LogP contribution in [0.1, 0.15) is 37.7 Å². The zero-order valence-corrected chi connectivity index (χ0v) is 11.7. The highest BCUT2D eigenvalue weighted by atomic mass is 19.1. The monoisotopic (exact) mass is 262 g/mol. The largest absolute Gasteiger partial charge is 0.368 e. The van der Waals surface area contributed by atoms with Crippen LogP contribution in [0.15, 0.2) is 18.2 Å². The van der Waals surface area contributed by atoms with Crippen LogP contribution < -0.4 is 10.2 Å². The van der Waals surface area contributed by atoms with Gasteiger partial charge in [-0.3, -0.25) is 0 Å². The zero-order valence-electron chi connectivity index (χ0n) is 11.7. The third-order valence-electron chi connectivity index (χ3n) is 4.69. The van der Waals surface area contributed by atoms with E-state index in [0.29, 0.717) is 5.54 Å². The molecule has 2 aliphatic rings. The third-order valence-corrected chi connectivity index (χ3v) is 4.69. The van der Waals surface area contributed by atoms with Crippen LogP contribution in [-0.2, 0) is 0 Å². The second-order valence-corrected chi connectivity index (χ2v) is 6.12. The van der Waals surface area contributed by atoms with E-state index in [-0.39, 0.29) is 5.82 Å². The first kappa shape index (κ1) is 12.9. The molecular weight excluding hydrogens is 239 g/mol. The highest BCUT2D eigenvalue weighted by Gasteiger charge is 2.36. The number of rotatable bonds is 1. The number of benzene rings is 1. The molecule has 1 saturated carbocycles. The fraction of sp³-hybridized carbons (Fsp3) is 0.625. The fourth-order valence-corrected chi connectivity index (χ4v) is 3.70. The molecule has 1 aromatic carbocycles. The van der Waals surface area contributed by atoms with Crippen LogP contribution in [0.25, 0.3) is 0 Å². The van der Waals surface area contributed by atoms with Gasteiger partial charge in [-0.15, -0.1) is 0 Å². The van der Waals surface area contributed by atoms with Crippen molar-refractivity contribution in [2.75, 3.05) is 24.5 Å². The number of piperazine rings is 1. The molecule has 1 saturated heterocycles. The van der Waals surface area contributed by atoms with Crippen molar-refractivity contribution in [1.29, 1.82) is 0 Å². The lowest BCUT2D eigenvalue weighted by molar-refractivity contribution is 0.216. The van der Waals surface area contributed by atoms with E-state index in [1.165, 1.54) is 37.8 Å². The summed E-state index contributed by atoms with van der Waals surface area (Å²) in [5.74, 6) is -0.135. The normalized spacial score (nSPS) is 22.7. The molecule has 2 nitrogen and oxygen atoms in total. The van der Waals surface area contributed by atoms with Crippen LogP contribution in [0.3, 0.4) is 0 Å². The minimum Gasteiger partial charge on any atom is -0.368 e. The Hall–Kier alpha value is -1.09. The highest BCUT2D eigenvalue weighted by molar-refractivity contribution is 5.54. The Morgan fingerprint density at radius 2 is 2.00 bits per heavy atom. The maximum absolute atomic E-state index is 13.2. The summed E-state index contributed by atoms with van der Waals surface area (Å²) in [4.78, 5) is 2.44. The van der Waals surface area contributed by atoms with E-state index < -0.39 is 0 Å². The lowest BCUT2D eigenvalue weighted by atomic mass is 9.80. The van der Waals surface area contributed by atoms with Gasteiger partial charge in [-0.05, 0) is 43.5 Å². The van der Waals surface area contributed by atoms with E-state index in [2.05, 4.69) is 10.2 Å². The maximum Gasteiger partial charge on any atom is 0.123 e. The molecule has 104 valence electrons. The molecule has 3 heteroatoms. The van der Waals surface area contributed by atoms with Crippen molar-refractivity contribution < 1.29 is 4.39 Å². The van der Waals surface area contributed by atoms with Crippen molar-refractivity contribution in [3.63, 3.8) is 0 Å². The van der Waals surface area contributed by atoms with E-state index in [0.717, 1.165) is 25.2 Å². The van der Waals surface area contributed by atoms with Gasteiger partial charge in [-0.1, -0.05) is 19.3 Å². The zero-order chi connectivity index (χ0) is 13.3. The molecule has 19 heavy (non-hydrogen) atoms. The first-order chi connectivity index (χ1) is 9.19. The number of aryl methyl sites for hydroxylation is 1. The summed E-state index contributed by atoms with van der Waals surface area (Å²) in [5, 5.41) is 3.75. The topological polar surface area (TPSA) is 15.3 Å². The molecule has 1 aromatic rings. The molecule has 0 aromatic heterocycles. The quantitative estimate of drug-likeness (QED) is 0.836.